The van der Waals surface area contributed by atoms with Crippen molar-refractivity contribution in [2.75, 3.05) is 0 Å². The van der Waals surface area contributed by atoms with Crippen LogP contribution in [0.15, 0.2) is 48.5 Å². The average Bonchev–Trinajstić information content (AvgIpc) is 3.15. The van der Waals surface area contributed by atoms with E-state index in [1.54, 1.807) is 16.8 Å². The first-order valence-corrected chi connectivity index (χ1v) is 12.0. The number of hydrogen-bond donors (Lipinski definition) is 1. The first-order valence-electron chi connectivity index (χ1n) is 11.2. The molecule has 2 aromatic carbocycles. The molecule has 6 rings (SSSR count). The number of carbonyl (C=O) groups excluding carboxylic acids is 2. The molecule has 2 N–H and O–H groups in total. The number of benzene rings is 2. The number of nitrogens with zero attached hydrogens (tertiary/aromatic N) is 4. The van der Waals surface area contributed by atoms with Crippen molar-refractivity contribution < 1.29 is 14.0 Å². The van der Waals surface area contributed by atoms with Crippen LogP contribution in [0.5, 0.6) is 0 Å². The summed E-state index contributed by atoms with van der Waals surface area (Å²) in [6.45, 7) is 2.32. The van der Waals surface area contributed by atoms with Gasteiger partial charge in [0.15, 0.2) is 5.69 Å². The van der Waals surface area contributed by atoms with Gasteiger partial charge in [-0.3, -0.25) is 14.3 Å². The summed E-state index contributed by atoms with van der Waals surface area (Å²) in [6.07, 6.45) is 1.85. The predicted molar refractivity (Wildman–Crippen MR) is 127 cm³/mol. The lowest BCUT2D eigenvalue weighted by molar-refractivity contribution is 0.0677. The maximum atomic E-state index is 13.9. The minimum Gasteiger partial charge on any atom is -0.364 e. The average molecular weight is 476 g/mol. The Balaban J connectivity index is 1.35. The van der Waals surface area contributed by atoms with Crippen LogP contribution in [-0.2, 0) is 6.54 Å². The van der Waals surface area contributed by atoms with Crippen LogP contribution < -0.4 is 5.73 Å². The van der Waals surface area contributed by atoms with Crippen LogP contribution in [-0.4, -0.2) is 43.6 Å². The van der Waals surface area contributed by atoms with Crippen molar-refractivity contribution in [3.8, 4) is 10.4 Å². The summed E-state index contributed by atoms with van der Waals surface area (Å²) >= 11 is 1.40. The molecule has 3 atom stereocenters. The van der Waals surface area contributed by atoms with Gasteiger partial charge < -0.3 is 10.6 Å². The number of amides is 2. The van der Waals surface area contributed by atoms with Crippen molar-refractivity contribution in [2.24, 2.45) is 11.7 Å². The van der Waals surface area contributed by atoms with Crippen molar-refractivity contribution in [3.05, 3.63) is 70.7 Å². The number of thiazole rings is 1. The minimum absolute atomic E-state index is 0.0809. The molecule has 34 heavy (non-hydrogen) atoms. The molecule has 0 radical (unpaired) electrons. The Hall–Kier alpha value is -3.59. The van der Waals surface area contributed by atoms with Crippen LogP contribution in [0.1, 0.15) is 38.8 Å². The Kier molecular flexibility index (Phi) is 4.77. The normalized spacial score (nSPS) is 21.1. The number of hydrogen-bond acceptors (Lipinski definition) is 5. The van der Waals surface area contributed by atoms with Crippen LogP contribution in [0.4, 0.5) is 4.39 Å². The molecule has 0 unspecified atom stereocenters. The lowest BCUT2D eigenvalue weighted by Gasteiger charge is -2.27. The number of primary amides is 1. The van der Waals surface area contributed by atoms with Gasteiger partial charge in [0.1, 0.15) is 11.5 Å². The van der Waals surface area contributed by atoms with E-state index in [1.807, 2.05) is 36.1 Å². The number of likely N-dealkylation sites (tertiary alicyclic amines) is 1. The Bertz CT molecular complexity index is 1460. The van der Waals surface area contributed by atoms with Crippen LogP contribution in [0.25, 0.3) is 21.3 Å². The van der Waals surface area contributed by atoms with Gasteiger partial charge in [0.05, 0.1) is 28.0 Å². The van der Waals surface area contributed by atoms with Gasteiger partial charge in [0, 0.05) is 11.4 Å². The maximum Gasteiger partial charge on any atom is 0.274 e. The summed E-state index contributed by atoms with van der Waals surface area (Å²) in [4.78, 5) is 32.9. The lowest BCUT2D eigenvalue weighted by Crippen LogP contribution is -2.41. The van der Waals surface area contributed by atoms with Crippen molar-refractivity contribution in [2.45, 2.75) is 38.4 Å². The van der Waals surface area contributed by atoms with E-state index in [9.17, 15) is 14.0 Å². The quantitative estimate of drug-likeness (QED) is 0.472. The molecule has 0 spiro atoms. The standard InChI is InChI=1S/C25H22FN5O2S/c1-13-28-22(23(34-13)14-5-4-6-16(26)9-14)25(33)31-17(10-15-11-20(15)31)12-30-19-8-3-2-7-18(19)21(29-30)24(27)32/h2-9,15,17,20H,10-12H2,1H3,(H2,27,32)/t15-,17+,20+/m1/s1. The molecule has 4 aromatic rings. The summed E-state index contributed by atoms with van der Waals surface area (Å²) in [6, 6.07) is 13.8. The largest absolute Gasteiger partial charge is 0.364 e. The number of aromatic nitrogens is 3. The number of aryl methyl sites for hydroxylation is 1. The molecule has 2 aromatic heterocycles. The van der Waals surface area contributed by atoms with Crippen molar-refractivity contribution in [1.29, 1.82) is 0 Å². The summed E-state index contributed by atoms with van der Waals surface area (Å²) in [7, 11) is 0. The van der Waals surface area contributed by atoms with E-state index in [0.29, 0.717) is 34.0 Å². The van der Waals surface area contributed by atoms with Gasteiger partial charge in [0.25, 0.3) is 11.8 Å². The fraction of sp³-hybridized carbons (Fsp3) is 0.280. The third kappa shape index (κ3) is 3.38. The van der Waals surface area contributed by atoms with Gasteiger partial charge in [-0.1, -0.05) is 30.3 Å². The molecular weight excluding hydrogens is 453 g/mol. The minimum atomic E-state index is -0.574. The van der Waals surface area contributed by atoms with Crippen LogP contribution >= 0.6 is 11.3 Å². The topological polar surface area (TPSA) is 94.1 Å². The second kappa shape index (κ2) is 7.73. The van der Waals surface area contributed by atoms with Gasteiger partial charge in [0.2, 0.25) is 0 Å². The van der Waals surface area contributed by atoms with Gasteiger partial charge >= 0.3 is 0 Å². The zero-order chi connectivity index (χ0) is 23.6. The number of rotatable bonds is 5. The summed E-state index contributed by atoms with van der Waals surface area (Å²) in [5, 5.41) is 5.95. The Labute approximate surface area is 199 Å². The number of piperidine rings is 1. The molecule has 1 aliphatic heterocycles. The third-order valence-corrected chi connectivity index (χ3v) is 7.76. The summed E-state index contributed by atoms with van der Waals surface area (Å²) in [5.41, 5.74) is 7.63. The van der Waals surface area contributed by atoms with E-state index >= 15 is 0 Å². The zero-order valence-electron chi connectivity index (χ0n) is 18.4. The Morgan fingerprint density at radius 1 is 1.15 bits per heavy atom. The molecule has 1 aliphatic carbocycles. The maximum absolute atomic E-state index is 13.9. The predicted octanol–water partition coefficient (Wildman–Crippen LogP) is 4.01. The van der Waals surface area contributed by atoms with Crippen LogP contribution in [0.2, 0.25) is 0 Å². The van der Waals surface area contributed by atoms with E-state index in [-0.39, 0.29) is 29.5 Å². The highest BCUT2D eigenvalue weighted by atomic mass is 32.1. The van der Waals surface area contributed by atoms with Gasteiger partial charge in [-0.15, -0.1) is 11.3 Å². The number of fused-ring (bicyclic) bond motifs is 2. The van der Waals surface area contributed by atoms with Crippen molar-refractivity contribution in [3.63, 3.8) is 0 Å². The SMILES string of the molecule is Cc1nc(C(=O)N2[C@H](Cn3nc(C(N)=O)c4ccccc43)C[C@@H]3C[C@@H]32)c(-c2cccc(F)c2)s1. The van der Waals surface area contributed by atoms with E-state index in [1.165, 1.54) is 23.5 Å². The lowest BCUT2D eigenvalue weighted by atomic mass is 10.1. The third-order valence-electron chi connectivity index (χ3n) is 6.74. The molecule has 0 bridgehead atoms. The zero-order valence-corrected chi connectivity index (χ0v) is 19.3. The molecule has 9 heteroatoms. The van der Waals surface area contributed by atoms with Gasteiger partial charge in [-0.2, -0.15) is 5.10 Å². The highest BCUT2D eigenvalue weighted by Gasteiger charge is 2.54. The second-order valence-corrected chi connectivity index (χ2v) is 10.2. The number of carbonyl (C=O) groups is 2. The summed E-state index contributed by atoms with van der Waals surface area (Å²) in [5.74, 6) is -0.595. The second-order valence-electron chi connectivity index (χ2n) is 9.00. The molecular formula is C25H22FN5O2S. The number of nitrogens with two attached hydrogens (primary N) is 1. The summed E-state index contributed by atoms with van der Waals surface area (Å²) < 4.78 is 15.7. The highest BCUT2D eigenvalue weighted by Crippen LogP contribution is 2.49. The van der Waals surface area contributed by atoms with Crippen molar-refractivity contribution in [1.82, 2.24) is 19.7 Å². The van der Waals surface area contributed by atoms with E-state index in [2.05, 4.69) is 10.1 Å². The highest BCUT2D eigenvalue weighted by molar-refractivity contribution is 7.15. The first kappa shape index (κ1) is 21.0. The molecule has 2 fully saturated rings. The first-order chi connectivity index (χ1) is 16.4. The molecule has 3 heterocycles. The van der Waals surface area contributed by atoms with E-state index in [4.69, 9.17) is 5.73 Å². The Morgan fingerprint density at radius 2 is 1.97 bits per heavy atom. The molecule has 172 valence electrons. The number of halogens is 1. The monoisotopic (exact) mass is 475 g/mol. The smallest absolute Gasteiger partial charge is 0.274 e. The van der Waals surface area contributed by atoms with Crippen LogP contribution in [0, 0.1) is 18.7 Å². The molecule has 1 saturated carbocycles. The fourth-order valence-electron chi connectivity index (χ4n) is 5.21. The molecule has 7 nitrogen and oxygen atoms in total. The van der Waals surface area contributed by atoms with Crippen LogP contribution in [0.3, 0.4) is 0 Å². The number of para-hydroxylation sites is 1. The van der Waals surface area contributed by atoms with E-state index in [0.717, 1.165) is 23.4 Å². The molecule has 2 aliphatic rings. The van der Waals surface area contributed by atoms with Gasteiger partial charge in [-0.05, 0) is 49.4 Å². The molecule has 2 amide bonds. The Morgan fingerprint density at radius 3 is 2.76 bits per heavy atom. The van der Waals surface area contributed by atoms with Gasteiger partial charge in [-0.25, -0.2) is 9.37 Å². The van der Waals surface area contributed by atoms with Crippen molar-refractivity contribution >= 4 is 34.1 Å². The fourth-order valence-corrected chi connectivity index (χ4v) is 6.11. The molecule has 1 saturated heterocycles. The van der Waals surface area contributed by atoms with E-state index < -0.39 is 5.91 Å².